The molecule has 19 heavy (non-hydrogen) atoms. The first-order valence-electron chi connectivity index (χ1n) is 6.02. The van der Waals surface area contributed by atoms with E-state index in [1.54, 1.807) is 12.1 Å². The first-order chi connectivity index (χ1) is 9.13. The van der Waals surface area contributed by atoms with Gasteiger partial charge in [0.1, 0.15) is 5.82 Å². The molecule has 0 aliphatic rings. The van der Waals surface area contributed by atoms with E-state index < -0.39 is 5.97 Å². The van der Waals surface area contributed by atoms with Crippen LogP contribution in [0.1, 0.15) is 10.5 Å². The molecule has 0 radical (unpaired) electrons. The third kappa shape index (κ3) is 6.12. The van der Waals surface area contributed by atoms with Crippen LogP contribution in [-0.4, -0.2) is 68.6 Å². The van der Waals surface area contributed by atoms with Crippen molar-refractivity contribution in [3.8, 4) is 0 Å². The van der Waals surface area contributed by atoms with Gasteiger partial charge < -0.3 is 19.7 Å². The third-order valence-electron chi connectivity index (χ3n) is 2.29. The van der Waals surface area contributed by atoms with Crippen LogP contribution in [0, 0.1) is 0 Å². The van der Waals surface area contributed by atoms with Crippen LogP contribution in [0.2, 0.25) is 0 Å². The number of rotatable bonds is 8. The molecule has 1 aromatic heterocycles. The van der Waals surface area contributed by atoms with E-state index in [-0.39, 0.29) is 5.69 Å². The average Bonchev–Trinajstić information content (AvgIpc) is 2.42. The molecule has 0 amide bonds. The Hall–Kier alpha value is -1.73. The highest BCUT2D eigenvalue weighted by Crippen LogP contribution is 2.02. The van der Waals surface area contributed by atoms with Crippen LogP contribution in [0.25, 0.3) is 0 Å². The third-order valence-corrected chi connectivity index (χ3v) is 2.29. The lowest BCUT2D eigenvalue weighted by Gasteiger charge is -2.10. The summed E-state index contributed by atoms with van der Waals surface area (Å²) in [6.07, 6.45) is 0. The Labute approximate surface area is 112 Å². The first-order valence-corrected chi connectivity index (χ1v) is 6.02. The van der Waals surface area contributed by atoms with E-state index >= 15 is 0 Å². The summed E-state index contributed by atoms with van der Waals surface area (Å²) in [5, 5.41) is 10.7. The van der Waals surface area contributed by atoms with Crippen molar-refractivity contribution in [3.05, 3.63) is 17.8 Å². The van der Waals surface area contributed by atoms with Gasteiger partial charge in [0.2, 0.25) is 0 Å². The molecule has 0 spiro atoms. The van der Waals surface area contributed by atoms with Crippen LogP contribution in [-0.2, 0) is 9.47 Å². The van der Waals surface area contributed by atoms with Crippen molar-refractivity contribution < 1.29 is 14.3 Å². The van der Waals surface area contributed by atoms with Gasteiger partial charge in [0.15, 0.2) is 5.69 Å². The number of carbonyl (C=O) groups is 1. The second-order valence-corrected chi connectivity index (χ2v) is 4.14. The summed E-state index contributed by atoms with van der Waals surface area (Å²) in [7, 11) is 5.31. The number of likely N-dealkylation sites (N-methyl/N-ethyl adjacent to an activating group) is 1. The molecule has 0 saturated carbocycles. The minimum Gasteiger partial charge on any atom is -0.464 e. The number of hydrogen-bond acceptors (Lipinski definition) is 7. The van der Waals surface area contributed by atoms with Crippen molar-refractivity contribution in [1.82, 2.24) is 15.1 Å². The first kappa shape index (κ1) is 15.3. The van der Waals surface area contributed by atoms with Crippen molar-refractivity contribution in [2.24, 2.45) is 0 Å². The van der Waals surface area contributed by atoms with Gasteiger partial charge in [-0.05, 0) is 26.2 Å². The lowest BCUT2D eigenvalue weighted by molar-refractivity contribution is 0.0592. The number of hydrogen-bond donors (Lipinski definition) is 1. The molecule has 0 aromatic carbocycles. The molecule has 7 nitrogen and oxygen atoms in total. The summed E-state index contributed by atoms with van der Waals surface area (Å²) < 4.78 is 9.95. The van der Waals surface area contributed by atoms with Gasteiger partial charge in [-0.2, -0.15) is 0 Å². The molecule has 1 N–H and O–H groups in total. The Morgan fingerprint density at radius 1 is 1.32 bits per heavy atom. The van der Waals surface area contributed by atoms with E-state index in [4.69, 9.17) is 4.74 Å². The Kier molecular flexibility index (Phi) is 6.76. The molecule has 0 aliphatic heterocycles. The van der Waals surface area contributed by atoms with Crippen molar-refractivity contribution in [3.63, 3.8) is 0 Å². The Bertz CT molecular complexity index is 381. The van der Waals surface area contributed by atoms with E-state index in [0.29, 0.717) is 25.6 Å². The number of nitrogens with one attached hydrogen (secondary N) is 1. The molecule has 106 valence electrons. The lowest BCUT2D eigenvalue weighted by Crippen LogP contribution is -2.20. The summed E-state index contributed by atoms with van der Waals surface area (Å²) in [6, 6.07) is 3.24. The van der Waals surface area contributed by atoms with Gasteiger partial charge in [-0.3, -0.25) is 0 Å². The molecule has 0 unspecified atom stereocenters. The minimum atomic E-state index is -0.494. The molecule has 0 bridgehead atoms. The summed E-state index contributed by atoms with van der Waals surface area (Å²) in [5.74, 6) is 0.106. The fourth-order valence-corrected chi connectivity index (χ4v) is 1.24. The van der Waals surface area contributed by atoms with Gasteiger partial charge >= 0.3 is 5.97 Å². The molecule has 1 rings (SSSR count). The number of esters is 1. The van der Waals surface area contributed by atoms with E-state index in [9.17, 15) is 4.79 Å². The predicted octanol–water partition coefficient (Wildman–Crippen LogP) is 0.253. The van der Waals surface area contributed by atoms with Crippen LogP contribution < -0.4 is 5.32 Å². The summed E-state index contributed by atoms with van der Waals surface area (Å²) >= 11 is 0. The number of nitrogens with zero attached hydrogens (tertiary/aromatic N) is 3. The average molecular weight is 268 g/mol. The summed E-state index contributed by atoms with van der Waals surface area (Å²) in [4.78, 5) is 13.2. The number of carbonyl (C=O) groups excluding carboxylic acids is 1. The highest BCUT2D eigenvalue weighted by Gasteiger charge is 2.06. The maximum absolute atomic E-state index is 11.1. The molecule has 1 aromatic rings. The van der Waals surface area contributed by atoms with Gasteiger partial charge in [0.05, 0.1) is 20.3 Å². The van der Waals surface area contributed by atoms with Crippen LogP contribution in [0.5, 0.6) is 0 Å². The zero-order chi connectivity index (χ0) is 14.1. The van der Waals surface area contributed by atoms with Crippen molar-refractivity contribution in [1.29, 1.82) is 0 Å². The summed E-state index contributed by atoms with van der Waals surface area (Å²) in [6.45, 7) is 2.82. The number of anilines is 1. The Morgan fingerprint density at radius 3 is 2.68 bits per heavy atom. The van der Waals surface area contributed by atoms with Crippen molar-refractivity contribution in [2.45, 2.75) is 0 Å². The van der Waals surface area contributed by atoms with Crippen molar-refractivity contribution >= 4 is 11.8 Å². The fraction of sp³-hybridized carbons (Fsp3) is 0.583. The molecule has 0 fully saturated rings. The zero-order valence-corrected chi connectivity index (χ0v) is 11.5. The Balaban J connectivity index is 2.21. The van der Waals surface area contributed by atoms with Crippen LogP contribution in [0.4, 0.5) is 5.82 Å². The fourth-order valence-electron chi connectivity index (χ4n) is 1.24. The largest absolute Gasteiger partial charge is 0.464 e. The van der Waals surface area contributed by atoms with Gasteiger partial charge in [0, 0.05) is 13.1 Å². The lowest BCUT2D eigenvalue weighted by atomic mass is 10.4. The van der Waals surface area contributed by atoms with Gasteiger partial charge in [0.25, 0.3) is 0 Å². The van der Waals surface area contributed by atoms with Crippen LogP contribution in [0.3, 0.4) is 0 Å². The number of methoxy groups -OCH3 is 1. The SMILES string of the molecule is COC(=O)c1ccc(NCCOCCN(C)C)nn1. The molecule has 0 saturated heterocycles. The monoisotopic (exact) mass is 268 g/mol. The second kappa shape index (κ2) is 8.39. The van der Waals surface area contributed by atoms with E-state index in [1.807, 2.05) is 14.1 Å². The molecule has 0 aliphatic carbocycles. The van der Waals surface area contributed by atoms with Gasteiger partial charge in [-0.1, -0.05) is 0 Å². The standard InChI is InChI=1S/C12H20N4O3/c1-16(2)7-9-19-8-6-13-11-5-4-10(14-15-11)12(17)18-3/h4-5H,6-9H2,1-3H3,(H,13,15). The Morgan fingerprint density at radius 2 is 2.11 bits per heavy atom. The van der Waals surface area contributed by atoms with E-state index in [1.165, 1.54) is 7.11 Å². The number of ether oxygens (including phenoxy) is 2. The molecular weight excluding hydrogens is 248 g/mol. The van der Waals surface area contributed by atoms with E-state index in [2.05, 4.69) is 25.2 Å². The van der Waals surface area contributed by atoms with E-state index in [0.717, 1.165) is 6.54 Å². The molecule has 7 heteroatoms. The maximum Gasteiger partial charge on any atom is 0.358 e. The number of aromatic nitrogens is 2. The highest BCUT2D eigenvalue weighted by molar-refractivity contribution is 5.86. The molecule has 0 atom stereocenters. The van der Waals surface area contributed by atoms with Crippen LogP contribution >= 0.6 is 0 Å². The second-order valence-electron chi connectivity index (χ2n) is 4.14. The zero-order valence-electron chi connectivity index (χ0n) is 11.5. The highest BCUT2D eigenvalue weighted by atomic mass is 16.5. The normalized spacial score (nSPS) is 10.5. The van der Waals surface area contributed by atoms with Crippen LogP contribution in [0.15, 0.2) is 12.1 Å². The minimum absolute atomic E-state index is 0.190. The smallest absolute Gasteiger partial charge is 0.358 e. The molecular formula is C12H20N4O3. The predicted molar refractivity (Wildman–Crippen MR) is 71.2 cm³/mol. The van der Waals surface area contributed by atoms with Gasteiger partial charge in [-0.25, -0.2) is 4.79 Å². The maximum atomic E-state index is 11.1. The quantitative estimate of drug-likeness (QED) is 0.535. The topological polar surface area (TPSA) is 76.6 Å². The van der Waals surface area contributed by atoms with Gasteiger partial charge in [-0.15, -0.1) is 10.2 Å². The molecule has 1 heterocycles. The van der Waals surface area contributed by atoms with Crippen molar-refractivity contribution in [2.75, 3.05) is 52.8 Å². The summed E-state index contributed by atoms with van der Waals surface area (Å²) in [5.41, 5.74) is 0.190.